The molecule has 2 aliphatic rings. The lowest BCUT2D eigenvalue weighted by Crippen LogP contribution is -2.58. The smallest absolute Gasteiger partial charge is 0.480 e. The number of aromatic nitrogens is 1. The van der Waals surface area contributed by atoms with Crippen LogP contribution in [-0.4, -0.2) is 58.0 Å². The third-order valence-electron chi connectivity index (χ3n) is 4.65. The number of halogens is 3. The zero-order valence-corrected chi connectivity index (χ0v) is 15.9. The van der Waals surface area contributed by atoms with E-state index in [0.29, 0.717) is 24.8 Å². The number of nitrogens with one attached hydrogen (secondary N) is 1. The summed E-state index contributed by atoms with van der Waals surface area (Å²) >= 11 is 1.41. The second-order valence-corrected chi connectivity index (χ2v) is 7.71. The topological polar surface area (TPSA) is 152 Å². The van der Waals surface area contributed by atoms with E-state index in [1.165, 1.54) is 11.3 Å². The van der Waals surface area contributed by atoms with Crippen LogP contribution in [0.2, 0.25) is 0 Å². The minimum absolute atomic E-state index is 0.268. The molecule has 5 N–H and O–H groups in total. The molecule has 1 aromatic rings. The molecule has 0 aromatic carbocycles. The van der Waals surface area contributed by atoms with Crippen molar-refractivity contribution in [3.05, 3.63) is 10.6 Å². The second kappa shape index (κ2) is 8.95. The summed E-state index contributed by atoms with van der Waals surface area (Å²) in [6.07, 6.45) is -2.07. The fraction of sp³-hybridized carbons (Fsp3) is 0.625. The number of alkyl halides is 3. The van der Waals surface area contributed by atoms with Gasteiger partial charge in [0.25, 0.3) is 0 Å². The van der Waals surface area contributed by atoms with Crippen molar-refractivity contribution in [2.75, 3.05) is 18.9 Å². The summed E-state index contributed by atoms with van der Waals surface area (Å²) in [6.45, 7) is 0.679. The Bertz CT molecular complexity index is 776. The Hall–Kier alpha value is -2.41. The fourth-order valence-electron chi connectivity index (χ4n) is 3.13. The molecule has 1 aliphatic heterocycles. The van der Waals surface area contributed by atoms with Crippen LogP contribution in [0.5, 0.6) is 0 Å². The average Bonchev–Trinajstić information content (AvgIpc) is 3.02. The molecule has 29 heavy (non-hydrogen) atoms. The highest BCUT2D eigenvalue weighted by atomic mass is 32.1. The van der Waals surface area contributed by atoms with E-state index in [2.05, 4.69) is 10.3 Å². The largest absolute Gasteiger partial charge is 0.490 e. The number of carbonyl (C=O) groups is 3. The quantitative estimate of drug-likeness (QED) is 0.553. The third-order valence-corrected chi connectivity index (χ3v) is 5.61. The number of nitrogens with zero attached hydrogens (tertiary/aromatic N) is 1. The molecule has 1 aliphatic carbocycles. The van der Waals surface area contributed by atoms with E-state index in [-0.39, 0.29) is 18.7 Å². The zero-order chi connectivity index (χ0) is 21.8. The van der Waals surface area contributed by atoms with Gasteiger partial charge in [-0.05, 0) is 19.3 Å². The summed E-state index contributed by atoms with van der Waals surface area (Å²) in [5, 5.41) is 19.9. The molecular weight excluding hydrogens is 419 g/mol. The number of rotatable bonds is 3. The number of carbonyl (C=O) groups excluding carboxylic acids is 1. The van der Waals surface area contributed by atoms with E-state index in [1.54, 1.807) is 0 Å². The molecule has 2 heterocycles. The normalized spacial score (nSPS) is 20.6. The van der Waals surface area contributed by atoms with Gasteiger partial charge in [-0.3, -0.25) is 4.79 Å². The lowest BCUT2D eigenvalue weighted by atomic mass is 9.86. The summed E-state index contributed by atoms with van der Waals surface area (Å²) in [4.78, 5) is 38.5. The number of hydrogen-bond acceptors (Lipinski definition) is 7. The van der Waals surface area contributed by atoms with E-state index < -0.39 is 29.6 Å². The zero-order valence-electron chi connectivity index (χ0n) is 15.1. The first-order chi connectivity index (χ1) is 13.5. The Morgan fingerprint density at radius 2 is 1.83 bits per heavy atom. The summed E-state index contributed by atoms with van der Waals surface area (Å²) in [7, 11) is 0. The van der Waals surface area contributed by atoms with Crippen molar-refractivity contribution in [2.24, 2.45) is 0 Å². The van der Waals surface area contributed by atoms with E-state index in [1.807, 2.05) is 0 Å². The summed E-state index contributed by atoms with van der Waals surface area (Å²) in [5.41, 5.74) is 5.24. The molecule has 162 valence electrons. The number of carboxylic acids is 2. The minimum atomic E-state index is -5.08. The molecule has 0 saturated carbocycles. The van der Waals surface area contributed by atoms with Crippen molar-refractivity contribution in [2.45, 2.75) is 49.7 Å². The van der Waals surface area contributed by atoms with Gasteiger partial charge in [-0.1, -0.05) is 0 Å². The van der Waals surface area contributed by atoms with Crippen LogP contribution in [-0.2, 0) is 25.5 Å². The number of amides is 1. The Morgan fingerprint density at radius 1 is 1.24 bits per heavy atom. The van der Waals surface area contributed by atoms with Crippen molar-refractivity contribution in [1.82, 2.24) is 10.3 Å². The lowest BCUT2D eigenvalue weighted by Gasteiger charge is -2.35. The highest BCUT2D eigenvalue weighted by Gasteiger charge is 2.43. The summed E-state index contributed by atoms with van der Waals surface area (Å²) < 4.78 is 37.0. The number of aliphatic carboxylic acids is 2. The Labute approximate surface area is 167 Å². The first-order valence-corrected chi connectivity index (χ1v) is 9.46. The van der Waals surface area contributed by atoms with E-state index in [9.17, 15) is 27.9 Å². The van der Waals surface area contributed by atoms with Gasteiger partial charge in [0.15, 0.2) is 5.13 Å². The molecule has 1 atom stereocenters. The third kappa shape index (κ3) is 5.56. The first kappa shape index (κ1) is 22.9. The number of aryl methyl sites for hydroxylation is 1. The Morgan fingerprint density at radius 3 is 2.34 bits per heavy atom. The molecule has 9 nitrogen and oxygen atoms in total. The van der Waals surface area contributed by atoms with Crippen molar-refractivity contribution in [1.29, 1.82) is 0 Å². The number of anilines is 1. The molecule has 1 saturated heterocycles. The molecule has 13 heteroatoms. The van der Waals surface area contributed by atoms with Crippen LogP contribution in [0.25, 0.3) is 0 Å². The molecule has 1 aromatic heterocycles. The predicted molar refractivity (Wildman–Crippen MR) is 94.5 cm³/mol. The predicted octanol–water partition coefficient (Wildman–Crippen LogP) is 1.53. The monoisotopic (exact) mass is 439 g/mol. The molecule has 1 amide bonds. The molecule has 3 rings (SSSR count). The molecule has 1 unspecified atom stereocenters. The maximum Gasteiger partial charge on any atom is 0.490 e. The van der Waals surface area contributed by atoms with E-state index in [4.69, 9.17) is 20.4 Å². The Balaban J connectivity index is 0.000000370. The maximum atomic E-state index is 12.7. The van der Waals surface area contributed by atoms with Crippen molar-refractivity contribution >= 4 is 34.3 Å². The fourth-order valence-corrected chi connectivity index (χ4v) is 4.06. The molecule has 1 fully saturated rings. The van der Waals surface area contributed by atoms with Crippen LogP contribution in [0.4, 0.5) is 18.3 Å². The van der Waals surface area contributed by atoms with Crippen molar-refractivity contribution in [3.63, 3.8) is 0 Å². The van der Waals surface area contributed by atoms with Crippen LogP contribution in [0, 0.1) is 0 Å². The highest BCUT2D eigenvalue weighted by molar-refractivity contribution is 7.15. The van der Waals surface area contributed by atoms with Crippen LogP contribution in [0.15, 0.2) is 0 Å². The molecular formula is C16H20F3N3O6S. The van der Waals surface area contributed by atoms with E-state index in [0.717, 1.165) is 23.4 Å². The number of ether oxygens (including phenoxy) is 1. The minimum Gasteiger partial charge on any atom is -0.480 e. The van der Waals surface area contributed by atoms with Gasteiger partial charge in [0.2, 0.25) is 5.91 Å². The number of carboxylic acid groups (broad SMARTS) is 2. The van der Waals surface area contributed by atoms with Gasteiger partial charge in [0.05, 0.1) is 11.6 Å². The molecule has 0 radical (unpaired) electrons. The summed E-state index contributed by atoms with van der Waals surface area (Å²) in [5.74, 6) is -4.43. The van der Waals surface area contributed by atoms with Crippen LogP contribution in [0.1, 0.15) is 42.2 Å². The maximum absolute atomic E-state index is 12.7. The van der Waals surface area contributed by atoms with Gasteiger partial charge in [-0.25, -0.2) is 14.6 Å². The number of thiazole rings is 1. The van der Waals surface area contributed by atoms with Gasteiger partial charge < -0.3 is 26.0 Å². The molecule has 0 spiro atoms. The Kier molecular flexibility index (Phi) is 7.06. The van der Waals surface area contributed by atoms with Crippen LogP contribution >= 0.6 is 11.3 Å². The van der Waals surface area contributed by atoms with Crippen molar-refractivity contribution in [3.8, 4) is 0 Å². The summed E-state index contributed by atoms with van der Waals surface area (Å²) in [6, 6.07) is 0. The van der Waals surface area contributed by atoms with Gasteiger partial charge in [-0.15, -0.1) is 11.3 Å². The highest BCUT2D eigenvalue weighted by Crippen LogP contribution is 2.36. The van der Waals surface area contributed by atoms with Gasteiger partial charge in [-0.2, -0.15) is 13.2 Å². The number of fused-ring (bicyclic) bond motifs is 1. The number of nitrogens with two attached hydrogens (primary N) is 1. The standard InChI is InChI=1S/C14H19N3O4S.C2HF3O2/c15-13-16-10-8(2-1-3-9(10)22-13)11(18)17-14(12(19)20)4-6-21-7-5-14;3-2(4,5)1(6)7/h8H,1-7H2,(H2,15,16)(H,17,18)(H,19,20);(H,6,7). The van der Waals surface area contributed by atoms with Gasteiger partial charge in [0.1, 0.15) is 5.54 Å². The number of nitrogen functional groups attached to an aromatic ring is 1. The van der Waals surface area contributed by atoms with Gasteiger partial charge in [0, 0.05) is 30.9 Å². The average molecular weight is 439 g/mol. The van der Waals surface area contributed by atoms with E-state index >= 15 is 0 Å². The van der Waals surface area contributed by atoms with Gasteiger partial charge >= 0.3 is 18.1 Å². The van der Waals surface area contributed by atoms with Crippen LogP contribution in [0.3, 0.4) is 0 Å². The SMILES string of the molecule is Nc1nc2c(s1)CCCC2C(=O)NC1(C(=O)O)CCOCC1.O=C(O)C(F)(F)F. The lowest BCUT2D eigenvalue weighted by molar-refractivity contribution is -0.192. The van der Waals surface area contributed by atoms with Crippen LogP contribution < -0.4 is 11.1 Å². The number of hydrogen-bond donors (Lipinski definition) is 4. The second-order valence-electron chi connectivity index (χ2n) is 6.60. The van der Waals surface area contributed by atoms with Crippen molar-refractivity contribution < 1.29 is 42.5 Å². The molecule has 0 bridgehead atoms. The first-order valence-electron chi connectivity index (χ1n) is 8.64.